The average Bonchev–Trinajstić information content (AvgIpc) is 3.78. The molecule has 7 N–H and O–H groups in total. The Balaban J connectivity index is 0.000000310. The molecule has 0 unspecified atom stereocenters. The number of carbonyl (C=O) groups is 2. The van der Waals surface area contributed by atoms with Crippen molar-refractivity contribution >= 4 is 27.3 Å². The third kappa shape index (κ3) is 11.4. The van der Waals surface area contributed by atoms with Gasteiger partial charge in [-0.05, 0) is 73.7 Å². The molecule has 214 valence electrons. The van der Waals surface area contributed by atoms with E-state index in [0.29, 0.717) is 11.3 Å². The molecule has 10 nitrogen and oxygen atoms in total. The van der Waals surface area contributed by atoms with Crippen LogP contribution >= 0.6 is 0 Å². The highest BCUT2D eigenvalue weighted by Gasteiger charge is 2.25. The van der Waals surface area contributed by atoms with Crippen LogP contribution in [0.3, 0.4) is 0 Å². The van der Waals surface area contributed by atoms with Gasteiger partial charge in [-0.2, -0.15) is 0 Å². The summed E-state index contributed by atoms with van der Waals surface area (Å²) in [6.45, 7) is 3.01. The quantitative estimate of drug-likeness (QED) is 0.293. The molecule has 2 aromatic carbocycles. The Labute approximate surface area is 229 Å². The first-order valence-electron chi connectivity index (χ1n) is 12.8. The monoisotopic (exact) mass is 562 g/mol. The number of nitrogens with zero attached hydrogens (tertiary/aromatic N) is 2. The molecule has 4 rings (SSSR count). The topological polar surface area (TPSA) is 165 Å². The Morgan fingerprint density at radius 2 is 1.64 bits per heavy atom. The Morgan fingerprint density at radius 3 is 2.13 bits per heavy atom. The minimum atomic E-state index is -3.05. The van der Waals surface area contributed by atoms with Crippen LogP contribution in [0, 0.1) is 5.82 Å². The highest BCUT2D eigenvalue weighted by Crippen LogP contribution is 2.39. The van der Waals surface area contributed by atoms with Gasteiger partial charge in [-0.3, -0.25) is 14.6 Å². The first-order valence-corrected chi connectivity index (χ1v) is 14.7. The number of carbonyl (C=O) groups excluding carboxylic acids is 2. The lowest BCUT2D eigenvalue weighted by Gasteiger charge is -2.26. The molecule has 12 heteroatoms. The molecule has 2 aromatic rings. The predicted molar refractivity (Wildman–Crippen MR) is 152 cm³/mol. The van der Waals surface area contributed by atoms with Crippen LogP contribution in [0.2, 0.25) is 0 Å². The SMILES string of the molecule is CCCN.Fc1ccc(C2CC2)cc1.N/C=C\N(N)c1ccc(C(=O)NCC(=O)N2CCS(=O)(=O)CC2)cc1. The molecule has 2 aliphatic rings. The van der Waals surface area contributed by atoms with Crippen molar-refractivity contribution < 1.29 is 22.4 Å². The van der Waals surface area contributed by atoms with Gasteiger partial charge in [0.2, 0.25) is 5.91 Å². The third-order valence-electron chi connectivity index (χ3n) is 5.98. The minimum Gasteiger partial charge on any atom is -0.403 e. The predicted octanol–water partition coefficient (Wildman–Crippen LogP) is 1.84. The smallest absolute Gasteiger partial charge is 0.251 e. The molecule has 0 radical (unpaired) electrons. The van der Waals surface area contributed by atoms with Crippen LogP contribution in [0.5, 0.6) is 0 Å². The fraction of sp³-hybridized carbons (Fsp3) is 0.407. The zero-order valence-electron chi connectivity index (χ0n) is 22.3. The number of hydrazine groups is 1. The first-order chi connectivity index (χ1) is 18.6. The van der Waals surface area contributed by atoms with Crippen LogP contribution in [0.15, 0.2) is 60.9 Å². The van der Waals surface area contributed by atoms with Crippen molar-refractivity contribution in [2.45, 2.75) is 32.1 Å². The van der Waals surface area contributed by atoms with Crippen molar-refractivity contribution in [1.29, 1.82) is 0 Å². The molecular weight excluding hydrogens is 523 g/mol. The highest BCUT2D eigenvalue weighted by atomic mass is 32.2. The molecule has 2 amide bonds. The molecule has 0 atom stereocenters. The summed E-state index contributed by atoms with van der Waals surface area (Å²) in [6.07, 6.45) is 6.42. The van der Waals surface area contributed by atoms with E-state index in [1.54, 1.807) is 24.3 Å². The zero-order valence-corrected chi connectivity index (χ0v) is 23.1. The average molecular weight is 563 g/mol. The van der Waals surface area contributed by atoms with Gasteiger partial charge in [0.15, 0.2) is 9.84 Å². The number of nitrogens with one attached hydrogen (secondary N) is 1. The molecule has 0 bridgehead atoms. The highest BCUT2D eigenvalue weighted by molar-refractivity contribution is 7.91. The van der Waals surface area contributed by atoms with Crippen LogP contribution in [0.1, 0.15) is 48.0 Å². The van der Waals surface area contributed by atoms with Gasteiger partial charge in [-0.1, -0.05) is 19.1 Å². The van der Waals surface area contributed by atoms with Crippen LogP contribution in [-0.4, -0.2) is 62.8 Å². The van der Waals surface area contributed by atoms with E-state index < -0.39 is 15.7 Å². The van der Waals surface area contributed by atoms with Gasteiger partial charge in [0.05, 0.1) is 23.7 Å². The number of nitrogens with two attached hydrogens (primary N) is 3. The van der Waals surface area contributed by atoms with E-state index >= 15 is 0 Å². The molecule has 1 saturated heterocycles. The lowest BCUT2D eigenvalue weighted by molar-refractivity contribution is -0.129. The minimum absolute atomic E-state index is 0.0407. The molecule has 1 saturated carbocycles. The van der Waals surface area contributed by atoms with E-state index in [4.69, 9.17) is 17.3 Å². The maximum atomic E-state index is 12.4. The zero-order chi connectivity index (χ0) is 28.8. The first kappa shape index (κ1) is 31.7. The molecule has 1 aliphatic heterocycles. The Kier molecular flexibility index (Phi) is 12.9. The van der Waals surface area contributed by atoms with Crippen molar-refractivity contribution in [2.24, 2.45) is 17.3 Å². The summed E-state index contributed by atoms with van der Waals surface area (Å²) in [6, 6.07) is 13.3. The fourth-order valence-electron chi connectivity index (χ4n) is 3.45. The summed E-state index contributed by atoms with van der Waals surface area (Å²) in [4.78, 5) is 25.6. The van der Waals surface area contributed by atoms with E-state index in [0.717, 1.165) is 18.9 Å². The third-order valence-corrected chi connectivity index (χ3v) is 7.59. The van der Waals surface area contributed by atoms with Gasteiger partial charge in [-0.15, -0.1) is 0 Å². The number of halogens is 1. The van der Waals surface area contributed by atoms with Gasteiger partial charge < -0.3 is 21.7 Å². The van der Waals surface area contributed by atoms with Crippen molar-refractivity contribution in [2.75, 3.05) is 42.7 Å². The lowest BCUT2D eigenvalue weighted by Crippen LogP contribution is -2.47. The number of benzene rings is 2. The Bertz CT molecular complexity index is 1170. The normalized spacial score (nSPS) is 15.8. The van der Waals surface area contributed by atoms with Crippen molar-refractivity contribution in [3.8, 4) is 0 Å². The lowest BCUT2D eigenvalue weighted by atomic mass is 10.1. The summed E-state index contributed by atoms with van der Waals surface area (Å²) in [7, 11) is -3.05. The van der Waals surface area contributed by atoms with Gasteiger partial charge in [0, 0.05) is 31.1 Å². The molecule has 2 fully saturated rings. The number of hydrogen-bond acceptors (Lipinski definition) is 8. The van der Waals surface area contributed by atoms with Crippen LogP contribution < -0.4 is 27.6 Å². The standard InChI is InChI=1S/C15H21N5O4S.C9H9F.C3H9N/c16-5-6-20(17)13-3-1-12(2-4-13)15(22)18-11-14(21)19-7-9-25(23,24)10-8-19;10-9-5-3-8(4-6-9)7-1-2-7;1-2-3-4/h1-6H,7-11,16-17H2,(H,18,22);3-7H,1-2H2;2-4H2,1H3/b6-5-;;. The number of sulfone groups is 1. The van der Waals surface area contributed by atoms with Gasteiger partial charge in [0.25, 0.3) is 5.91 Å². The van der Waals surface area contributed by atoms with Gasteiger partial charge >= 0.3 is 0 Å². The molecule has 1 heterocycles. The summed E-state index contributed by atoms with van der Waals surface area (Å²) in [5.41, 5.74) is 12.6. The van der Waals surface area contributed by atoms with E-state index in [2.05, 4.69) is 12.2 Å². The largest absolute Gasteiger partial charge is 0.403 e. The number of hydrogen-bond donors (Lipinski definition) is 4. The number of rotatable bonds is 7. The van der Waals surface area contributed by atoms with E-state index in [1.807, 2.05) is 12.1 Å². The van der Waals surface area contributed by atoms with Crippen molar-refractivity contribution in [3.05, 3.63) is 77.9 Å². The van der Waals surface area contributed by atoms with E-state index in [9.17, 15) is 22.4 Å². The Hall–Kier alpha value is -3.48. The van der Waals surface area contributed by atoms with Crippen LogP contribution in [-0.2, 0) is 14.6 Å². The summed E-state index contributed by atoms with van der Waals surface area (Å²) in [5.74, 6) is 5.52. The van der Waals surface area contributed by atoms with Crippen LogP contribution in [0.4, 0.5) is 10.1 Å². The molecule has 0 spiro atoms. The van der Waals surface area contributed by atoms with E-state index in [-0.39, 0.29) is 42.9 Å². The van der Waals surface area contributed by atoms with Gasteiger partial charge in [0.1, 0.15) is 5.82 Å². The molecule has 39 heavy (non-hydrogen) atoms. The van der Waals surface area contributed by atoms with Crippen molar-refractivity contribution in [1.82, 2.24) is 10.2 Å². The van der Waals surface area contributed by atoms with E-state index in [1.165, 1.54) is 52.8 Å². The molecule has 0 aromatic heterocycles. The molecular formula is C27H39FN6O4S. The van der Waals surface area contributed by atoms with Crippen LogP contribution in [0.25, 0.3) is 0 Å². The van der Waals surface area contributed by atoms with Gasteiger partial charge in [-0.25, -0.2) is 18.7 Å². The second kappa shape index (κ2) is 15.8. The second-order valence-corrected chi connectivity index (χ2v) is 11.4. The maximum Gasteiger partial charge on any atom is 0.251 e. The summed E-state index contributed by atoms with van der Waals surface area (Å²) >= 11 is 0. The van der Waals surface area contributed by atoms with Crippen molar-refractivity contribution in [3.63, 3.8) is 0 Å². The molecule has 1 aliphatic carbocycles. The summed E-state index contributed by atoms with van der Waals surface area (Å²) in [5, 5.41) is 3.83. The maximum absolute atomic E-state index is 12.4. The Morgan fingerprint density at radius 1 is 1.08 bits per heavy atom. The summed E-state index contributed by atoms with van der Waals surface area (Å²) < 4.78 is 35.1. The number of amides is 2. The second-order valence-electron chi connectivity index (χ2n) is 9.13. The number of anilines is 1. The fourth-order valence-corrected chi connectivity index (χ4v) is 4.65.